The average molecular weight is 462 g/mol. The first-order chi connectivity index (χ1) is 15.4. The lowest BCUT2D eigenvalue weighted by Gasteiger charge is -2.24. The molecule has 0 unspecified atom stereocenters. The molecule has 3 rings (SSSR count). The Kier molecular flexibility index (Phi) is 7.98. The summed E-state index contributed by atoms with van der Waals surface area (Å²) in [5, 5.41) is 2.85. The van der Waals surface area contributed by atoms with Gasteiger partial charge < -0.3 is 19.7 Å². The van der Waals surface area contributed by atoms with Gasteiger partial charge in [0.1, 0.15) is 11.5 Å². The number of amides is 1. The third-order valence-corrected chi connectivity index (χ3v) is 7.51. The highest BCUT2D eigenvalue weighted by atomic mass is 32.2. The summed E-state index contributed by atoms with van der Waals surface area (Å²) in [6, 6.07) is 11.9. The van der Waals surface area contributed by atoms with Crippen LogP contribution in [0.4, 0.5) is 11.4 Å². The number of sulfonamides is 1. The maximum atomic E-state index is 13.0. The Bertz CT molecular complexity index is 1010. The number of carbonyl (C=O) groups is 1. The molecule has 9 heteroatoms. The second-order valence-electron chi connectivity index (χ2n) is 7.47. The largest absolute Gasteiger partial charge is 0.497 e. The fourth-order valence-electron chi connectivity index (χ4n) is 3.73. The molecule has 2 aromatic rings. The van der Waals surface area contributed by atoms with Gasteiger partial charge in [0.15, 0.2) is 6.61 Å². The summed E-state index contributed by atoms with van der Waals surface area (Å²) in [7, 11) is -2.06. The van der Waals surface area contributed by atoms with E-state index in [0.717, 1.165) is 31.6 Å². The summed E-state index contributed by atoms with van der Waals surface area (Å²) in [5.74, 6) is 0.875. The highest BCUT2D eigenvalue weighted by Gasteiger charge is 2.25. The van der Waals surface area contributed by atoms with Gasteiger partial charge in [-0.2, -0.15) is 4.31 Å². The van der Waals surface area contributed by atoms with Crippen LogP contribution in [-0.2, 0) is 14.8 Å². The summed E-state index contributed by atoms with van der Waals surface area (Å²) >= 11 is 0. The van der Waals surface area contributed by atoms with Crippen molar-refractivity contribution in [3.8, 4) is 11.5 Å². The third-order valence-electron chi connectivity index (χ3n) is 5.46. The van der Waals surface area contributed by atoms with Crippen molar-refractivity contribution in [1.29, 1.82) is 0 Å². The van der Waals surface area contributed by atoms with Crippen LogP contribution in [0.3, 0.4) is 0 Å². The Morgan fingerprint density at radius 2 is 1.66 bits per heavy atom. The number of ether oxygens (including phenoxy) is 2. The normalized spacial score (nSPS) is 13.9. The van der Waals surface area contributed by atoms with Crippen LogP contribution in [0.1, 0.15) is 26.7 Å². The number of nitrogens with one attached hydrogen (secondary N) is 1. The Morgan fingerprint density at radius 3 is 2.25 bits per heavy atom. The molecular weight excluding hydrogens is 430 g/mol. The molecule has 1 aliphatic heterocycles. The van der Waals surface area contributed by atoms with Gasteiger partial charge >= 0.3 is 0 Å². The molecule has 0 spiro atoms. The standard InChI is InChI=1S/C23H31N3O5S/c1-4-26(5-2)32(28,29)20-12-13-22(25-14-6-7-15-25)21(16-20)24-23(27)17-31-19-10-8-18(30-3)9-11-19/h8-13,16H,4-7,14-15,17H2,1-3H3,(H,24,27). The monoisotopic (exact) mass is 461 g/mol. The van der Waals surface area contributed by atoms with E-state index in [0.29, 0.717) is 30.3 Å². The molecule has 32 heavy (non-hydrogen) atoms. The minimum Gasteiger partial charge on any atom is -0.497 e. The molecule has 0 atom stereocenters. The van der Waals surface area contributed by atoms with E-state index in [1.54, 1.807) is 63.4 Å². The molecule has 0 aliphatic carbocycles. The van der Waals surface area contributed by atoms with Gasteiger partial charge in [0.25, 0.3) is 5.91 Å². The van der Waals surface area contributed by atoms with E-state index in [1.165, 1.54) is 4.31 Å². The highest BCUT2D eigenvalue weighted by Crippen LogP contribution is 2.32. The number of hydrogen-bond acceptors (Lipinski definition) is 6. The van der Waals surface area contributed by atoms with E-state index in [-0.39, 0.29) is 17.4 Å². The highest BCUT2D eigenvalue weighted by molar-refractivity contribution is 7.89. The number of rotatable bonds is 10. The second-order valence-corrected chi connectivity index (χ2v) is 9.41. The van der Waals surface area contributed by atoms with Crippen LogP contribution in [-0.4, -0.2) is 58.5 Å². The van der Waals surface area contributed by atoms with E-state index in [1.807, 2.05) is 0 Å². The fraction of sp³-hybridized carbons (Fsp3) is 0.435. The number of anilines is 2. The van der Waals surface area contributed by atoms with Crippen molar-refractivity contribution in [1.82, 2.24) is 4.31 Å². The predicted octanol–water partition coefficient (Wildman–Crippen LogP) is 3.34. The molecule has 2 aromatic carbocycles. The molecule has 0 radical (unpaired) electrons. The van der Waals surface area contributed by atoms with Gasteiger partial charge in [0.05, 0.1) is 23.4 Å². The molecule has 0 bridgehead atoms. The zero-order chi connectivity index (χ0) is 23.1. The van der Waals surface area contributed by atoms with E-state index in [2.05, 4.69) is 10.2 Å². The number of carbonyl (C=O) groups excluding carboxylic acids is 1. The van der Waals surface area contributed by atoms with Crippen molar-refractivity contribution in [3.05, 3.63) is 42.5 Å². The van der Waals surface area contributed by atoms with E-state index < -0.39 is 10.0 Å². The maximum absolute atomic E-state index is 13.0. The number of nitrogens with zero attached hydrogens (tertiary/aromatic N) is 2. The summed E-state index contributed by atoms with van der Waals surface area (Å²) in [6.07, 6.45) is 2.13. The quantitative estimate of drug-likeness (QED) is 0.584. The summed E-state index contributed by atoms with van der Waals surface area (Å²) in [4.78, 5) is 15.0. The molecule has 1 amide bonds. The van der Waals surface area contributed by atoms with Gasteiger partial charge in [-0.05, 0) is 55.3 Å². The number of methoxy groups -OCH3 is 1. The van der Waals surface area contributed by atoms with Crippen LogP contribution in [0.25, 0.3) is 0 Å². The van der Waals surface area contributed by atoms with Crippen LogP contribution in [0.2, 0.25) is 0 Å². The van der Waals surface area contributed by atoms with E-state index >= 15 is 0 Å². The number of benzene rings is 2. The topological polar surface area (TPSA) is 88.2 Å². The van der Waals surface area contributed by atoms with Crippen LogP contribution < -0.4 is 19.7 Å². The van der Waals surface area contributed by atoms with Crippen molar-refractivity contribution in [2.24, 2.45) is 0 Å². The SMILES string of the molecule is CCN(CC)S(=O)(=O)c1ccc(N2CCCC2)c(NC(=O)COc2ccc(OC)cc2)c1. The Labute approximate surface area is 190 Å². The van der Waals surface area contributed by atoms with Crippen LogP contribution >= 0.6 is 0 Å². The van der Waals surface area contributed by atoms with Gasteiger partial charge in [-0.1, -0.05) is 13.8 Å². The van der Waals surface area contributed by atoms with E-state index in [4.69, 9.17) is 9.47 Å². The minimum absolute atomic E-state index is 0.163. The fourth-order valence-corrected chi connectivity index (χ4v) is 5.21. The lowest BCUT2D eigenvalue weighted by Crippen LogP contribution is -2.31. The lowest BCUT2D eigenvalue weighted by atomic mass is 10.2. The molecule has 1 saturated heterocycles. The summed E-state index contributed by atoms with van der Waals surface area (Å²) in [5.41, 5.74) is 1.29. The van der Waals surface area contributed by atoms with Crippen molar-refractivity contribution in [3.63, 3.8) is 0 Å². The van der Waals surface area contributed by atoms with E-state index in [9.17, 15) is 13.2 Å². The van der Waals surface area contributed by atoms with Gasteiger partial charge in [-0.15, -0.1) is 0 Å². The van der Waals surface area contributed by atoms with Crippen LogP contribution in [0.5, 0.6) is 11.5 Å². The first-order valence-electron chi connectivity index (χ1n) is 10.8. The second kappa shape index (κ2) is 10.7. The Morgan fingerprint density at radius 1 is 1.03 bits per heavy atom. The van der Waals surface area contributed by atoms with Crippen molar-refractivity contribution in [2.75, 3.05) is 50.1 Å². The molecule has 0 aromatic heterocycles. The van der Waals surface area contributed by atoms with Gasteiger partial charge in [-0.25, -0.2) is 8.42 Å². The Balaban J connectivity index is 1.80. The summed E-state index contributed by atoms with van der Waals surface area (Å²) in [6.45, 7) is 5.91. The molecule has 174 valence electrons. The first kappa shape index (κ1) is 23.9. The molecule has 1 N–H and O–H groups in total. The third kappa shape index (κ3) is 5.52. The molecule has 8 nitrogen and oxygen atoms in total. The maximum Gasteiger partial charge on any atom is 0.262 e. The van der Waals surface area contributed by atoms with Crippen molar-refractivity contribution < 1.29 is 22.7 Å². The molecular formula is C23H31N3O5S. The molecule has 1 fully saturated rings. The van der Waals surface area contributed by atoms with Gasteiger partial charge in [0, 0.05) is 26.2 Å². The van der Waals surface area contributed by atoms with Crippen molar-refractivity contribution >= 4 is 27.3 Å². The summed E-state index contributed by atoms with van der Waals surface area (Å²) < 4.78 is 38.1. The predicted molar refractivity (Wildman–Crippen MR) is 125 cm³/mol. The zero-order valence-corrected chi connectivity index (χ0v) is 19.7. The minimum atomic E-state index is -3.64. The van der Waals surface area contributed by atoms with Crippen molar-refractivity contribution in [2.45, 2.75) is 31.6 Å². The van der Waals surface area contributed by atoms with Crippen LogP contribution in [0.15, 0.2) is 47.4 Å². The van der Waals surface area contributed by atoms with Gasteiger partial charge in [-0.3, -0.25) is 4.79 Å². The van der Waals surface area contributed by atoms with Crippen LogP contribution in [0, 0.1) is 0 Å². The lowest BCUT2D eigenvalue weighted by molar-refractivity contribution is -0.118. The van der Waals surface area contributed by atoms with Gasteiger partial charge in [0.2, 0.25) is 10.0 Å². The smallest absolute Gasteiger partial charge is 0.262 e. The molecule has 0 saturated carbocycles. The zero-order valence-electron chi connectivity index (χ0n) is 18.8. The first-order valence-corrected chi connectivity index (χ1v) is 12.3. The average Bonchev–Trinajstić information content (AvgIpc) is 3.33. The molecule has 1 heterocycles. The molecule has 1 aliphatic rings. The Hall–Kier alpha value is -2.78. The number of hydrogen-bond donors (Lipinski definition) is 1.